The van der Waals surface area contributed by atoms with Gasteiger partial charge in [0.05, 0.1) is 42.0 Å². The molecule has 5 rings (SSSR count). The van der Waals surface area contributed by atoms with Gasteiger partial charge in [-0.2, -0.15) is 0 Å². The van der Waals surface area contributed by atoms with E-state index >= 15 is 0 Å². The minimum atomic E-state index is -0.526. The average Bonchev–Trinajstić information content (AvgIpc) is 3.49. The van der Waals surface area contributed by atoms with E-state index in [0.717, 1.165) is 5.56 Å². The molecular formula is C32H31N3O4. The molecule has 5 aromatic rings. The molecule has 2 aromatic heterocycles. The monoisotopic (exact) mass is 521 g/mol. The molecule has 0 aliphatic heterocycles. The molecule has 2 heterocycles. The summed E-state index contributed by atoms with van der Waals surface area (Å²) in [5.41, 5.74) is 2.13. The van der Waals surface area contributed by atoms with Gasteiger partial charge in [-0.1, -0.05) is 42.5 Å². The zero-order valence-corrected chi connectivity index (χ0v) is 22.1. The number of ether oxygens (including phenoxy) is 1. The largest absolute Gasteiger partial charge is 0.494 e. The van der Waals surface area contributed by atoms with Gasteiger partial charge in [0.1, 0.15) is 17.3 Å². The summed E-state index contributed by atoms with van der Waals surface area (Å²) in [7, 11) is 0. The highest BCUT2D eigenvalue weighted by Gasteiger charge is 2.27. The topological polar surface area (TPSA) is 77.6 Å². The van der Waals surface area contributed by atoms with Crippen molar-refractivity contribution in [2.75, 3.05) is 6.61 Å². The van der Waals surface area contributed by atoms with E-state index in [4.69, 9.17) is 14.1 Å². The van der Waals surface area contributed by atoms with E-state index in [-0.39, 0.29) is 18.0 Å². The normalized spacial score (nSPS) is 11.8. The third-order valence-electron chi connectivity index (χ3n) is 6.75. The molecule has 1 amide bonds. The predicted octanol–water partition coefficient (Wildman–Crippen LogP) is 6.10. The Morgan fingerprint density at radius 2 is 1.72 bits per heavy atom. The van der Waals surface area contributed by atoms with Gasteiger partial charge in [0.15, 0.2) is 0 Å². The van der Waals surface area contributed by atoms with Crippen molar-refractivity contribution in [2.45, 2.75) is 39.3 Å². The second kappa shape index (κ2) is 11.8. The molecule has 1 atom stereocenters. The number of aromatic nitrogens is 2. The molecule has 0 saturated heterocycles. The standard InChI is InChI=1S/C32H31N3O4/c1-3-38-26-18-16-25(17-19-26)35-31(33-29-14-8-7-13-28(29)32(35)37)23(2)34(22-27-12-9-21-39-27)30(36)20-15-24-10-5-4-6-11-24/h4-14,16-19,21,23H,3,15,20,22H2,1-2H3. The SMILES string of the molecule is CCOc1ccc(-n2c(C(C)N(Cc3ccco3)C(=O)CCc3ccccc3)nc3ccccc3c2=O)cc1. The molecule has 7 nitrogen and oxygen atoms in total. The van der Waals surface area contributed by atoms with E-state index < -0.39 is 6.04 Å². The molecule has 0 N–H and O–H groups in total. The molecule has 39 heavy (non-hydrogen) atoms. The number of hydrogen-bond donors (Lipinski definition) is 0. The van der Waals surface area contributed by atoms with Gasteiger partial charge >= 0.3 is 0 Å². The van der Waals surface area contributed by atoms with Gasteiger partial charge in [-0.25, -0.2) is 4.98 Å². The van der Waals surface area contributed by atoms with E-state index in [1.165, 1.54) is 0 Å². The van der Waals surface area contributed by atoms with E-state index in [1.807, 2.05) is 92.7 Å². The van der Waals surface area contributed by atoms with Gasteiger partial charge in [-0.3, -0.25) is 14.2 Å². The van der Waals surface area contributed by atoms with E-state index in [2.05, 4.69) is 0 Å². The van der Waals surface area contributed by atoms with Gasteiger partial charge in [0.2, 0.25) is 5.91 Å². The third kappa shape index (κ3) is 5.77. The molecule has 0 bridgehead atoms. The van der Waals surface area contributed by atoms with Crippen LogP contribution in [0.15, 0.2) is 106 Å². The van der Waals surface area contributed by atoms with Crippen LogP contribution in [0.1, 0.15) is 43.5 Å². The van der Waals surface area contributed by atoms with Crippen molar-refractivity contribution >= 4 is 16.8 Å². The summed E-state index contributed by atoms with van der Waals surface area (Å²) in [5.74, 6) is 1.80. The quantitative estimate of drug-likeness (QED) is 0.222. The number of aryl methyl sites for hydroxylation is 1. The number of benzene rings is 3. The highest BCUT2D eigenvalue weighted by Crippen LogP contribution is 2.26. The smallest absolute Gasteiger partial charge is 0.266 e. The number of hydrogen-bond acceptors (Lipinski definition) is 5. The fourth-order valence-corrected chi connectivity index (χ4v) is 4.73. The lowest BCUT2D eigenvalue weighted by Crippen LogP contribution is -2.37. The molecular weight excluding hydrogens is 490 g/mol. The molecule has 0 spiro atoms. The number of nitrogens with zero attached hydrogens (tertiary/aromatic N) is 3. The summed E-state index contributed by atoms with van der Waals surface area (Å²) in [5, 5.41) is 0.510. The zero-order valence-electron chi connectivity index (χ0n) is 22.1. The molecule has 7 heteroatoms. The molecule has 0 aliphatic rings. The maximum atomic E-state index is 13.9. The second-order valence-corrected chi connectivity index (χ2v) is 9.32. The Morgan fingerprint density at radius 1 is 0.974 bits per heavy atom. The van der Waals surface area contributed by atoms with Crippen molar-refractivity contribution in [3.8, 4) is 11.4 Å². The maximum Gasteiger partial charge on any atom is 0.266 e. The Hall–Kier alpha value is -4.65. The minimum absolute atomic E-state index is 0.0524. The predicted molar refractivity (Wildman–Crippen MR) is 151 cm³/mol. The van der Waals surface area contributed by atoms with Crippen LogP contribution >= 0.6 is 0 Å². The minimum Gasteiger partial charge on any atom is -0.494 e. The van der Waals surface area contributed by atoms with E-state index in [0.29, 0.717) is 53.4 Å². The highest BCUT2D eigenvalue weighted by atomic mass is 16.5. The second-order valence-electron chi connectivity index (χ2n) is 9.32. The summed E-state index contributed by atoms with van der Waals surface area (Å²) in [6.45, 7) is 4.64. The number of amides is 1. The molecule has 1 unspecified atom stereocenters. The Labute approximate surface area is 227 Å². The fourth-order valence-electron chi connectivity index (χ4n) is 4.73. The lowest BCUT2D eigenvalue weighted by atomic mass is 10.1. The first-order valence-corrected chi connectivity index (χ1v) is 13.2. The van der Waals surface area contributed by atoms with Crippen LogP contribution in [0.4, 0.5) is 0 Å². The van der Waals surface area contributed by atoms with Crippen LogP contribution in [0.5, 0.6) is 5.75 Å². The van der Waals surface area contributed by atoms with Crippen molar-refractivity contribution in [1.82, 2.24) is 14.5 Å². The first kappa shape index (κ1) is 26.0. The number of rotatable bonds is 10. The van der Waals surface area contributed by atoms with Crippen LogP contribution in [0.2, 0.25) is 0 Å². The number of furan rings is 1. The average molecular weight is 522 g/mol. The lowest BCUT2D eigenvalue weighted by molar-refractivity contribution is -0.134. The van der Waals surface area contributed by atoms with Crippen molar-refractivity contribution in [2.24, 2.45) is 0 Å². The number of para-hydroxylation sites is 1. The Kier molecular flexibility index (Phi) is 7.87. The first-order chi connectivity index (χ1) is 19.0. The van der Waals surface area contributed by atoms with Crippen LogP contribution < -0.4 is 10.3 Å². The van der Waals surface area contributed by atoms with Gasteiger partial charge in [-0.15, -0.1) is 0 Å². The molecule has 0 radical (unpaired) electrons. The van der Waals surface area contributed by atoms with E-state index in [1.54, 1.807) is 27.9 Å². The summed E-state index contributed by atoms with van der Waals surface area (Å²) in [6, 6.07) is 27.7. The van der Waals surface area contributed by atoms with Crippen molar-refractivity contribution in [3.05, 3.63) is 125 Å². The fraction of sp³-hybridized carbons (Fsp3) is 0.219. The van der Waals surface area contributed by atoms with Crippen LogP contribution in [0.3, 0.4) is 0 Å². The Morgan fingerprint density at radius 3 is 2.44 bits per heavy atom. The maximum absolute atomic E-state index is 13.9. The van der Waals surface area contributed by atoms with Crippen LogP contribution in [0, 0.1) is 0 Å². The highest BCUT2D eigenvalue weighted by molar-refractivity contribution is 5.79. The summed E-state index contributed by atoms with van der Waals surface area (Å²) in [6.07, 6.45) is 2.52. The molecule has 0 saturated carbocycles. The van der Waals surface area contributed by atoms with Crippen molar-refractivity contribution in [1.29, 1.82) is 0 Å². The lowest BCUT2D eigenvalue weighted by Gasteiger charge is -2.30. The summed E-state index contributed by atoms with van der Waals surface area (Å²) in [4.78, 5) is 34.2. The third-order valence-corrected chi connectivity index (χ3v) is 6.75. The van der Waals surface area contributed by atoms with Gasteiger partial charge in [0.25, 0.3) is 5.56 Å². The number of carbonyl (C=O) groups excluding carboxylic acids is 1. The van der Waals surface area contributed by atoms with Crippen LogP contribution in [-0.4, -0.2) is 27.0 Å². The van der Waals surface area contributed by atoms with Crippen molar-refractivity contribution < 1.29 is 13.9 Å². The first-order valence-electron chi connectivity index (χ1n) is 13.2. The number of carbonyl (C=O) groups is 1. The Balaban J connectivity index is 1.57. The van der Waals surface area contributed by atoms with Gasteiger partial charge < -0.3 is 14.1 Å². The molecule has 0 aliphatic carbocycles. The van der Waals surface area contributed by atoms with Crippen molar-refractivity contribution in [3.63, 3.8) is 0 Å². The summed E-state index contributed by atoms with van der Waals surface area (Å²) >= 11 is 0. The van der Waals surface area contributed by atoms with Crippen LogP contribution in [0.25, 0.3) is 16.6 Å². The zero-order chi connectivity index (χ0) is 27.2. The summed E-state index contributed by atoms with van der Waals surface area (Å²) < 4.78 is 12.8. The van der Waals surface area contributed by atoms with Crippen LogP contribution in [-0.2, 0) is 17.8 Å². The van der Waals surface area contributed by atoms with E-state index in [9.17, 15) is 9.59 Å². The van der Waals surface area contributed by atoms with Gasteiger partial charge in [0, 0.05) is 6.42 Å². The Bertz CT molecular complexity index is 1590. The number of fused-ring (bicyclic) bond motifs is 1. The molecule has 3 aromatic carbocycles. The van der Waals surface area contributed by atoms with Gasteiger partial charge in [-0.05, 0) is 74.4 Å². The molecule has 198 valence electrons. The molecule has 0 fully saturated rings.